The van der Waals surface area contributed by atoms with E-state index in [9.17, 15) is 0 Å². The van der Waals surface area contributed by atoms with Crippen molar-refractivity contribution in [3.8, 4) is 0 Å². The van der Waals surface area contributed by atoms with Gasteiger partial charge in [-0.25, -0.2) is 4.98 Å². The largest absolute Gasteiger partial charge is 0.442 e. The van der Waals surface area contributed by atoms with Crippen molar-refractivity contribution in [2.45, 2.75) is 20.4 Å². The molecule has 0 amide bonds. The van der Waals surface area contributed by atoms with E-state index >= 15 is 0 Å². The summed E-state index contributed by atoms with van der Waals surface area (Å²) in [5.74, 6) is 1.80. The Hall–Kier alpha value is -1.29. The second kappa shape index (κ2) is 2.35. The molecule has 2 aromatic rings. The maximum Gasteiger partial charge on any atom is 0.228 e. The molecule has 0 aliphatic carbocycles. The zero-order valence-electron chi connectivity index (χ0n) is 7.16. The minimum absolute atomic E-state index is 0.421. The molecule has 2 aromatic heterocycles. The van der Waals surface area contributed by atoms with Crippen molar-refractivity contribution >= 4 is 5.71 Å². The first kappa shape index (κ1) is 7.36. The second-order valence-electron chi connectivity index (χ2n) is 2.83. The summed E-state index contributed by atoms with van der Waals surface area (Å²) in [5.41, 5.74) is 7.09. The number of hydrogen-bond donors (Lipinski definition) is 1. The zero-order chi connectivity index (χ0) is 8.72. The highest BCUT2D eigenvalue weighted by molar-refractivity contribution is 5.43. The van der Waals surface area contributed by atoms with Gasteiger partial charge in [-0.3, -0.25) is 4.40 Å². The van der Waals surface area contributed by atoms with Crippen LogP contribution in [0.1, 0.15) is 17.3 Å². The minimum Gasteiger partial charge on any atom is -0.442 e. The van der Waals surface area contributed by atoms with Gasteiger partial charge in [0.05, 0.1) is 6.20 Å². The number of aromatic nitrogens is 2. The van der Waals surface area contributed by atoms with Gasteiger partial charge < -0.3 is 10.2 Å². The van der Waals surface area contributed by atoms with E-state index in [-0.39, 0.29) is 0 Å². The highest BCUT2D eigenvalue weighted by Gasteiger charge is 2.10. The number of aryl methyl sites for hydroxylation is 2. The Balaban J connectivity index is 2.79. The van der Waals surface area contributed by atoms with E-state index in [0.29, 0.717) is 6.54 Å². The molecule has 4 heteroatoms. The van der Waals surface area contributed by atoms with Crippen LogP contribution in [0.2, 0.25) is 0 Å². The summed E-state index contributed by atoms with van der Waals surface area (Å²) in [6, 6.07) is 0. The second-order valence-corrected chi connectivity index (χ2v) is 2.83. The van der Waals surface area contributed by atoms with Gasteiger partial charge in [0.2, 0.25) is 5.71 Å². The molecule has 0 aromatic carbocycles. The summed E-state index contributed by atoms with van der Waals surface area (Å²) in [4.78, 5) is 4.25. The number of imidazole rings is 1. The highest BCUT2D eigenvalue weighted by atomic mass is 16.3. The molecule has 0 fully saturated rings. The highest BCUT2D eigenvalue weighted by Crippen LogP contribution is 2.15. The Morgan fingerprint density at radius 3 is 3.00 bits per heavy atom. The maximum atomic E-state index is 5.50. The maximum absolute atomic E-state index is 5.50. The lowest BCUT2D eigenvalue weighted by Crippen LogP contribution is -1.96. The van der Waals surface area contributed by atoms with E-state index in [2.05, 4.69) is 4.98 Å². The molecule has 0 radical (unpaired) electrons. The van der Waals surface area contributed by atoms with Crippen molar-refractivity contribution in [2.75, 3.05) is 0 Å². The van der Waals surface area contributed by atoms with Crippen LogP contribution < -0.4 is 5.73 Å². The Morgan fingerprint density at radius 2 is 2.33 bits per heavy atom. The third-order valence-electron chi connectivity index (χ3n) is 1.87. The Bertz CT molecular complexity index is 413. The smallest absolute Gasteiger partial charge is 0.228 e. The van der Waals surface area contributed by atoms with Crippen LogP contribution in [-0.2, 0) is 6.54 Å². The molecule has 0 bridgehead atoms. The third kappa shape index (κ3) is 0.848. The SMILES string of the molecule is Cc1cn2c(C)nc(CN)c2o1. The lowest BCUT2D eigenvalue weighted by atomic mass is 10.5. The first-order chi connectivity index (χ1) is 5.72. The molecule has 0 saturated carbocycles. The lowest BCUT2D eigenvalue weighted by Gasteiger charge is -1.84. The average Bonchev–Trinajstić information content (AvgIpc) is 2.52. The topological polar surface area (TPSA) is 56.5 Å². The van der Waals surface area contributed by atoms with Crippen LogP contribution in [0.3, 0.4) is 0 Å². The summed E-state index contributed by atoms with van der Waals surface area (Å²) < 4.78 is 7.35. The van der Waals surface area contributed by atoms with Crippen LogP contribution in [0.15, 0.2) is 10.6 Å². The molecule has 2 N–H and O–H groups in total. The van der Waals surface area contributed by atoms with Gasteiger partial charge in [-0.1, -0.05) is 0 Å². The van der Waals surface area contributed by atoms with Crippen molar-refractivity contribution in [3.63, 3.8) is 0 Å². The fraction of sp³-hybridized carbons (Fsp3) is 0.375. The van der Waals surface area contributed by atoms with Gasteiger partial charge in [-0.15, -0.1) is 0 Å². The minimum atomic E-state index is 0.421. The summed E-state index contributed by atoms with van der Waals surface area (Å²) in [6.45, 7) is 4.26. The summed E-state index contributed by atoms with van der Waals surface area (Å²) in [5, 5.41) is 0. The van der Waals surface area contributed by atoms with Crippen LogP contribution in [0.5, 0.6) is 0 Å². The van der Waals surface area contributed by atoms with E-state index < -0.39 is 0 Å². The van der Waals surface area contributed by atoms with Gasteiger partial charge in [-0.2, -0.15) is 0 Å². The van der Waals surface area contributed by atoms with Crippen molar-refractivity contribution in [1.82, 2.24) is 9.38 Å². The van der Waals surface area contributed by atoms with Gasteiger partial charge in [0.1, 0.15) is 17.3 Å². The first-order valence-corrected chi connectivity index (χ1v) is 3.86. The van der Waals surface area contributed by atoms with Crippen LogP contribution >= 0.6 is 0 Å². The van der Waals surface area contributed by atoms with Crippen LogP contribution in [-0.4, -0.2) is 9.38 Å². The number of fused-ring (bicyclic) bond motifs is 1. The molecule has 0 saturated heterocycles. The van der Waals surface area contributed by atoms with Crippen molar-refractivity contribution in [1.29, 1.82) is 0 Å². The zero-order valence-corrected chi connectivity index (χ0v) is 7.16. The summed E-state index contributed by atoms with van der Waals surface area (Å²) in [6.07, 6.45) is 1.91. The van der Waals surface area contributed by atoms with Gasteiger partial charge in [0.15, 0.2) is 0 Å². The van der Waals surface area contributed by atoms with E-state index in [1.165, 1.54) is 0 Å². The molecule has 64 valence electrons. The molecule has 2 heterocycles. The van der Waals surface area contributed by atoms with Gasteiger partial charge in [-0.05, 0) is 13.8 Å². The number of oxazole rings is 1. The molecule has 2 rings (SSSR count). The molecule has 0 unspecified atom stereocenters. The Kier molecular flexibility index (Phi) is 1.44. The molecule has 0 atom stereocenters. The predicted octanol–water partition coefficient (Wildman–Crippen LogP) is 1.00. The Labute approximate surface area is 70.0 Å². The molecule has 0 aliphatic rings. The van der Waals surface area contributed by atoms with E-state index in [1.54, 1.807) is 0 Å². The van der Waals surface area contributed by atoms with Crippen molar-refractivity contribution < 1.29 is 4.42 Å². The van der Waals surface area contributed by atoms with Crippen molar-refractivity contribution in [3.05, 3.63) is 23.5 Å². The van der Waals surface area contributed by atoms with Crippen LogP contribution in [0.25, 0.3) is 5.71 Å². The van der Waals surface area contributed by atoms with Gasteiger partial charge in [0.25, 0.3) is 0 Å². The third-order valence-corrected chi connectivity index (χ3v) is 1.87. The monoisotopic (exact) mass is 165 g/mol. The van der Waals surface area contributed by atoms with Gasteiger partial charge in [0, 0.05) is 6.54 Å². The van der Waals surface area contributed by atoms with Crippen molar-refractivity contribution in [2.24, 2.45) is 5.73 Å². The Morgan fingerprint density at radius 1 is 1.58 bits per heavy atom. The predicted molar refractivity (Wildman–Crippen MR) is 44.8 cm³/mol. The lowest BCUT2D eigenvalue weighted by molar-refractivity contribution is 0.568. The average molecular weight is 165 g/mol. The molecular formula is C8H11N3O. The van der Waals surface area contributed by atoms with E-state index in [0.717, 1.165) is 23.0 Å². The van der Waals surface area contributed by atoms with Gasteiger partial charge >= 0.3 is 0 Å². The fourth-order valence-corrected chi connectivity index (χ4v) is 1.34. The quantitative estimate of drug-likeness (QED) is 0.685. The number of nitrogens with zero attached hydrogens (tertiary/aromatic N) is 2. The summed E-state index contributed by atoms with van der Waals surface area (Å²) in [7, 11) is 0. The number of rotatable bonds is 1. The van der Waals surface area contributed by atoms with Crippen LogP contribution in [0.4, 0.5) is 0 Å². The van der Waals surface area contributed by atoms with Crippen LogP contribution in [0, 0.1) is 13.8 Å². The van der Waals surface area contributed by atoms with E-state index in [1.807, 2.05) is 24.4 Å². The first-order valence-electron chi connectivity index (χ1n) is 3.86. The fourth-order valence-electron chi connectivity index (χ4n) is 1.34. The standard InChI is InChI=1S/C8H11N3O/c1-5-4-11-6(2)10-7(3-9)8(11)12-5/h4H,3,9H2,1-2H3. The molecule has 0 spiro atoms. The normalized spacial score (nSPS) is 11.2. The number of nitrogens with two attached hydrogens (primary N) is 1. The molecule has 12 heavy (non-hydrogen) atoms. The summed E-state index contributed by atoms with van der Waals surface area (Å²) >= 11 is 0. The molecule has 0 aliphatic heterocycles. The molecule has 4 nitrogen and oxygen atoms in total. The number of hydrogen-bond acceptors (Lipinski definition) is 3. The van der Waals surface area contributed by atoms with E-state index in [4.69, 9.17) is 10.2 Å². The molecular weight excluding hydrogens is 154 g/mol.